The van der Waals surface area contributed by atoms with Crippen LogP contribution in [0.2, 0.25) is 2.82 Å². The van der Waals surface area contributed by atoms with Crippen molar-refractivity contribution in [3.05, 3.63) is 141 Å². The second-order valence-electron chi connectivity index (χ2n) is 26.8. The number of esters is 1. The summed E-state index contributed by atoms with van der Waals surface area (Å²) in [6.45, 7) is 17.3. The summed E-state index contributed by atoms with van der Waals surface area (Å²) in [6.07, 6.45) is 18.5. The van der Waals surface area contributed by atoms with E-state index < -0.39 is 54.2 Å². The zero-order valence-corrected chi connectivity index (χ0v) is 64.5. The van der Waals surface area contributed by atoms with Gasteiger partial charge in [0.1, 0.15) is 70.6 Å². The third-order valence-electron chi connectivity index (χ3n) is 17.9. The Balaban J connectivity index is 0.000000314. The monoisotopic (exact) mass is 1530 g/mol. The molecule has 3 amide bonds. The first kappa shape index (κ1) is 84.3. The highest BCUT2D eigenvalue weighted by atomic mass is 16.6. The molecule has 8 rings (SSSR count). The van der Waals surface area contributed by atoms with Gasteiger partial charge in [0.2, 0.25) is 5.91 Å². The summed E-state index contributed by atoms with van der Waals surface area (Å²) in [4.78, 5) is 84.6. The van der Waals surface area contributed by atoms with Crippen molar-refractivity contribution < 1.29 is 98.4 Å². The smallest absolute Gasteiger partial charge is 0.351 e. The number of carbonyl (C=O) groups excluding carboxylic acids is 4. The van der Waals surface area contributed by atoms with E-state index in [9.17, 15) is 39.1 Å². The lowest BCUT2D eigenvalue weighted by molar-refractivity contribution is -0.672. The van der Waals surface area contributed by atoms with Gasteiger partial charge >= 0.3 is 17.3 Å². The van der Waals surface area contributed by atoms with Gasteiger partial charge in [-0.15, -0.1) is 0 Å². The minimum atomic E-state index is -0.908. The maximum Gasteiger partial charge on any atom is 0.351 e. The largest absolute Gasteiger partial charge is 0.459 e. The molecule has 33 heteroatoms. The van der Waals surface area contributed by atoms with E-state index in [0.29, 0.717) is 166 Å². The average molecular weight is 1530 g/mol. The molecule has 0 bridgehead atoms. The molecular weight excluding hydrogens is 1410 g/mol. The molecular formula is C76H115N15O18+4. The number of ether oxygens (including phenoxy) is 9. The molecule has 6 aromatic rings. The number of anilines is 2. The molecule has 6 unspecified atom stereocenters. The molecule has 598 valence electrons. The molecule has 0 aromatic carbocycles. The van der Waals surface area contributed by atoms with Crippen molar-refractivity contribution >= 4 is 35.3 Å². The van der Waals surface area contributed by atoms with Crippen molar-refractivity contribution in [1.82, 2.24) is 46.0 Å². The number of rotatable bonds is 47. The van der Waals surface area contributed by atoms with Crippen molar-refractivity contribution in [3.8, 4) is 22.3 Å². The quantitative estimate of drug-likeness (QED) is 0.0113. The van der Waals surface area contributed by atoms with E-state index in [1.807, 2.05) is 148 Å². The van der Waals surface area contributed by atoms with E-state index in [-0.39, 0.29) is 67.4 Å². The zero-order valence-electron chi connectivity index (χ0n) is 66.5. The van der Waals surface area contributed by atoms with Gasteiger partial charge in [-0.25, -0.2) is 38.8 Å². The molecule has 2 saturated heterocycles. The fourth-order valence-electron chi connectivity index (χ4n) is 11.9. The summed E-state index contributed by atoms with van der Waals surface area (Å²) in [5.41, 5.74) is 7.95. The number of hydrogen-bond acceptors (Lipinski definition) is 24. The Kier molecular flexibility index (Phi) is 36.7. The number of hydroxylamine groups is 2. The first-order valence-electron chi connectivity index (χ1n) is 38.3. The summed E-state index contributed by atoms with van der Waals surface area (Å²) >= 11 is 0. The Labute approximate surface area is 639 Å². The Hall–Kier alpha value is -8.68. The molecule has 6 atom stereocenters. The Morgan fingerprint density at radius 2 is 0.899 bits per heavy atom. The summed E-state index contributed by atoms with van der Waals surface area (Å²) in [5, 5.41) is 43.9. The van der Waals surface area contributed by atoms with Crippen LogP contribution in [0.5, 0.6) is 0 Å². The first-order chi connectivity index (χ1) is 53.4. The standard InChI is InChI=1S/C42H62N8O10.C34H49N7O8/c1-6-7-14-43-37(51)10-11-39(52)60-35-25-38(59-36(35)26-46-55)50-27-31(3)40(47-42(50)54)44-15-8-19-56-21-23-58-24-22-57-20-9-16-45-41(53)32-13-18-49(5)29-34(32)33-28-48(4)17-12-30(33)2;1-24-7-11-39(3)22-27(24)28-23-40(4)12-8-26(28)33(43)36-10-6-14-47-16-18-48-17-15-46-13-5-9-35-32-25(2)21-41(34(44)38-32)31-19-29(42)30(49-31)20-37-45/h12-13,17-18,27-29,35-36,38,46,55H,6-11,14-16,19-26H2,1-5H3,(H-2,43,44,45,47,51,53,54);7-8,11-12,21-23,29-31,37,42,45H,5-6,9-10,13-20H2,1-4H3/p+4/i/hD2. The molecule has 2 aliphatic rings. The van der Waals surface area contributed by atoms with Gasteiger partial charge in [-0.1, -0.05) is 13.3 Å². The number of nitrogens with one attached hydrogen (secondary N) is 7. The van der Waals surface area contributed by atoms with Gasteiger partial charge in [0.25, 0.3) is 11.8 Å². The van der Waals surface area contributed by atoms with Gasteiger partial charge in [-0.2, -0.15) is 9.97 Å². The zero-order chi connectivity index (χ0) is 80.2. The normalized spacial score (nSPS) is 17.0. The lowest BCUT2D eigenvalue weighted by Crippen LogP contribution is -2.35. The molecule has 33 nitrogen and oxygen atoms in total. The van der Waals surface area contributed by atoms with Crippen molar-refractivity contribution in [2.24, 2.45) is 28.2 Å². The molecule has 0 radical (unpaired) electrons. The number of aromatic nitrogens is 8. The molecule has 2 aliphatic heterocycles. The molecule has 6 aromatic heterocycles. The van der Waals surface area contributed by atoms with Gasteiger partial charge in [0, 0.05) is 133 Å². The van der Waals surface area contributed by atoms with Gasteiger partial charge in [-0.05, 0) is 70.9 Å². The summed E-state index contributed by atoms with van der Waals surface area (Å²) < 4.78 is 76.0. The minimum Gasteiger partial charge on any atom is -0.459 e. The topological polar surface area (TPSA) is 382 Å². The van der Waals surface area contributed by atoms with Gasteiger partial charge in [-0.3, -0.25) is 28.3 Å². The predicted molar refractivity (Wildman–Crippen MR) is 399 cm³/mol. The number of pyridine rings is 4. The molecule has 0 spiro atoms. The van der Waals surface area contributed by atoms with Gasteiger partial charge in [0.05, 0.1) is 105 Å². The SMILES string of the molecule is [2H]N(O)CC1OC(n2cc(C)c(NCCCOCCOCCOCCCNC(=O)c3cc[n+](C)cc3-c3c[n+](C)ccc3C)nc2=O)CC1O.[2H]N(O)CC1OC(n2cc(C)c(NCCCOCCOCCOCCCNC(=O)c3cc[n+](C)cc3-c3c[n+](C)ccc3C)nc2=O)CC1OC(=O)CCC(=O)NCCCC. The van der Waals surface area contributed by atoms with E-state index in [1.54, 1.807) is 19.3 Å². The van der Waals surface area contributed by atoms with Gasteiger partial charge < -0.3 is 84.7 Å². The van der Waals surface area contributed by atoms with Crippen molar-refractivity contribution in [1.29, 1.82) is 0 Å². The Morgan fingerprint density at radius 1 is 0.514 bits per heavy atom. The average Bonchev–Trinajstić information content (AvgIpc) is 1.79. The maximum absolute atomic E-state index is 13.1. The maximum atomic E-state index is 13.1. The molecule has 8 heterocycles. The third kappa shape index (κ3) is 29.3. The number of aryl methyl sites for hydroxylation is 8. The number of aliphatic hydroxyl groups excluding tert-OH is 1. The fourth-order valence-corrected chi connectivity index (χ4v) is 11.9. The molecule has 10 N–H and O–H groups in total. The van der Waals surface area contributed by atoms with E-state index in [1.165, 1.54) is 9.13 Å². The number of hydrogen-bond donors (Lipinski definition) is 10. The van der Waals surface area contributed by atoms with Crippen molar-refractivity contribution in [3.63, 3.8) is 0 Å². The number of nitrogens with zero attached hydrogens (tertiary/aromatic N) is 8. The van der Waals surface area contributed by atoms with Crippen LogP contribution in [-0.2, 0) is 80.4 Å². The summed E-state index contributed by atoms with van der Waals surface area (Å²) in [6, 6.07) is 7.77. The second kappa shape index (κ2) is 47.4. The number of unbranched alkanes of at least 4 members (excludes halogenated alkanes) is 1. The van der Waals surface area contributed by atoms with Gasteiger partial charge in [0.15, 0.2) is 52.4 Å². The second-order valence-corrected chi connectivity index (χ2v) is 26.8. The molecule has 0 saturated carbocycles. The van der Waals surface area contributed by atoms with Crippen molar-refractivity contribution in [2.45, 2.75) is 136 Å². The van der Waals surface area contributed by atoms with E-state index in [4.69, 9.17) is 50.7 Å². The van der Waals surface area contributed by atoms with Crippen LogP contribution in [0.15, 0.2) is 95.8 Å². The predicted octanol–water partition coefficient (Wildman–Crippen LogP) is 2.20. The number of carbonyl (C=O) groups is 4. The van der Waals surface area contributed by atoms with E-state index in [2.05, 4.69) is 36.6 Å². The Bertz CT molecular complexity index is 4050. The van der Waals surface area contributed by atoms with Crippen LogP contribution in [-0.4, -0.2) is 208 Å². The van der Waals surface area contributed by atoms with Crippen LogP contribution in [0, 0.1) is 27.7 Å². The molecule has 2 fully saturated rings. The fraction of sp³-hybridized carbons (Fsp3) is 0.579. The van der Waals surface area contributed by atoms with Crippen LogP contribution >= 0.6 is 0 Å². The minimum absolute atomic E-state index is 0.0268. The molecule has 109 heavy (non-hydrogen) atoms. The summed E-state index contributed by atoms with van der Waals surface area (Å²) in [5.74, 6) is -0.219. The van der Waals surface area contributed by atoms with E-state index >= 15 is 0 Å². The highest BCUT2D eigenvalue weighted by molar-refractivity contribution is 6.01. The van der Waals surface area contributed by atoms with Crippen LogP contribution in [0.25, 0.3) is 22.3 Å². The number of amides is 3. The third-order valence-corrected chi connectivity index (χ3v) is 17.9. The van der Waals surface area contributed by atoms with Crippen molar-refractivity contribution in [2.75, 3.05) is 136 Å². The van der Waals surface area contributed by atoms with Crippen LogP contribution in [0.4, 0.5) is 11.6 Å². The lowest BCUT2D eigenvalue weighted by atomic mass is 9.99. The highest BCUT2D eigenvalue weighted by Gasteiger charge is 2.40. The first-order valence-corrected chi connectivity index (χ1v) is 37.4. The highest BCUT2D eigenvalue weighted by Crippen LogP contribution is 2.32. The number of aliphatic hydroxyl groups is 1. The van der Waals surface area contributed by atoms with Crippen LogP contribution in [0.3, 0.4) is 0 Å². The van der Waals surface area contributed by atoms with E-state index in [0.717, 1.165) is 51.8 Å². The lowest BCUT2D eigenvalue weighted by Gasteiger charge is -2.18. The summed E-state index contributed by atoms with van der Waals surface area (Å²) in [7, 11) is 7.81. The molecule has 0 aliphatic carbocycles. The van der Waals surface area contributed by atoms with Crippen LogP contribution in [0.1, 0.15) is 127 Å². The van der Waals surface area contributed by atoms with Crippen LogP contribution < -0.4 is 67.2 Å². The Morgan fingerprint density at radius 3 is 1.34 bits per heavy atom.